The minimum Gasteiger partial charge on any atom is -0.396 e. The van der Waals surface area contributed by atoms with Gasteiger partial charge in [-0.05, 0) is 36.6 Å². The molecule has 1 aromatic rings. The maximum Gasteiger partial charge on any atom is 0.0616 e. The van der Waals surface area contributed by atoms with Gasteiger partial charge >= 0.3 is 0 Å². The van der Waals surface area contributed by atoms with E-state index in [0.29, 0.717) is 12.6 Å². The van der Waals surface area contributed by atoms with Crippen molar-refractivity contribution < 1.29 is 9.84 Å². The van der Waals surface area contributed by atoms with E-state index in [1.807, 2.05) is 11.3 Å². The molecule has 3 nitrogen and oxygen atoms in total. The Morgan fingerprint density at radius 3 is 2.84 bits per heavy atom. The van der Waals surface area contributed by atoms with Crippen molar-refractivity contribution in [2.75, 3.05) is 20.3 Å². The smallest absolute Gasteiger partial charge is 0.0616 e. The molecule has 2 unspecified atom stereocenters. The minimum absolute atomic E-state index is 0.211. The fourth-order valence-electron chi connectivity index (χ4n) is 3.04. The summed E-state index contributed by atoms with van der Waals surface area (Å²) in [5.41, 5.74) is 0. The molecule has 0 aliphatic heterocycles. The maximum atomic E-state index is 9.18. The van der Waals surface area contributed by atoms with Crippen LogP contribution < -0.4 is 5.32 Å². The zero-order chi connectivity index (χ0) is 13.5. The molecule has 1 aromatic heterocycles. The first kappa shape index (κ1) is 15.0. The van der Waals surface area contributed by atoms with Gasteiger partial charge in [0.2, 0.25) is 0 Å². The van der Waals surface area contributed by atoms with Crippen LogP contribution in [0.4, 0.5) is 0 Å². The molecule has 108 valence electrons. The van der Waals surface area contributed by atoms with Gasteiger partial charge in [0, 0.05) is 30.7 Å². The number of thiophene rings is 1. The number of hydrogen-bond acceptors (Lipinski definition) is 4. The highest BCUT2D eigenvalue weighted by Gasteiger charge is 2.28. The average molecular weight is 283 g/mol. The molecule has 2 N–H and O–H groups in total. The van der Waals surface area contributed by atoms with Gasteiger partial charge in [-0.1, -0.05) is 18.9 Å². The summed E-state index contributed by atoms with van der Waals surface area (Å²) in [6, 6.07) is 5.02. The molecule has 0 amide bonds. The molecular weight excluding hydrogens is 258 g/mol. The second kappa shape index (κ2) is 8.00. The quantitative estimate of drug-likeness (QED) is 0.770. The predicted octanol–water partition coefficient (Wildman–Crippen LogP) is 2.97. The Morgan fingerprint density at radius 2 is 2.26 bits per heavy atom. The molecule has 1 aliphatic rings. The molecule has 19 heavy (non-hydrogen) atoms. The van der Waals surface area contributed by atoms with Crippen molar-refractivity contribution in [2.45, 2.75) is 44.2 Å². The highest BCUT2D eigenvalue weighted by atomic mass is 32.1. The summed E-state index contributed by atoms with van der Waals surface area (Å²) in [6.45, 7) is 0.873. The number of aliphatic hydroxyl groups excluding tert-OH is 1. The van der Waals surface area contributed by atoms with Gasteiger partial charge in [0.05, 0.1) is 6.61 Å². The fraction of sp³-hybridized carbons (Fsp3) is 0.733. The van der Waals surface area contributed by atoms with Crippen molar-refractivity contribution in [3.8, 4) is 0 Å². The average Bonchev–Trinajstić information content (AvgIpc) is 3.09. The Bertz CT molecular complexity index is 330. The predicted molar refractivity (Wildman–Crippen MR) is 79.5 cm³/mol. The summed E-state index contributed by atoms with van der Waals surface area (Å²) >= 11 is 1.83. The Kier molecular flexibility index (Phi) is 6.31. The summed E-state index contributed by atoms with van der Waals surface area (Å²) in [4.78, 5) is 1.42. The normalized spacial score (nSPS) is 19.7. The van der Waals surface area contributed by atoms with E-state index in [1.165, 1.54) is 30.6 Å². The molecule has 1 fully saturated rings. The minimum atomic E-state index is 0.211. The van der Waals surface area contributed by atoms with Crippen LogP contribution in [-0.4, -0.2) is 31.5 Å². The largest absolute Gasteiger partial charge is 0.396 e. The lowest BCUT2D eigenvalue weighted by Gasteiger charge is -2.29. The third-order valence-corrected chi connectivity index (χ3v) is 4.94. The van der Waals surface area contributed by atoms with E-state index < -0.39 is 0 Å². The monoisotopic (exact) mass is 283 g/mol. The summed E-state index contributed by atoms with van der Waals surface area (Å²) in [6.07, 6.45) is 6.08. The first-order valence-electron chi connectivity index (χ1n) is 7.24. The van der Waals surface area contributed by atoms with E-state index >= 15 is 0 Å². The van der Waals surface area contributed by atoms with Gasteiger partial charge in [-0.25, -0.2) is 0 Å². The highest BCUT2D eigenvalue weighted by molar-refractivity contribution is 7.10. The van der Waals surface area contributed by atoms with Crippen molar-refractivity contribution in [3.05, 3.63) is 22.4 Å². The second-order valence-corrected chi connectivity index (χ2v) is 6.35. The van der Waals surface area contributed by atoms with Crippen molar-refractivity contribution in [3.63, 3.8) is 0 Å². The molecule has 0 radical (unpaired) electrons. The van der Waals surface area contributed by atoms with Crippen molar-refractivity contribution in [1.82, 2.24) is 5.32 Å². The number of ether oxygens (including phenoxy) is 1. The number of hydrogen-bond donors (Lipinski definition) is 2. The molecule has 1 heterocycles. The molecular formula is C15H25NO2S. The molecule has 0 spiro atoms. The van der Waals surface area contributed by atoms with Crippen LogP contribution in [0, 0.1) is 5.92 Å². The van der Waals surface area contributed by atoms with Crippen LogP contribution in [0.1, 0.15) is 43.0 Å². The first-order valence-corrected chi connectivity index (χ1v) is 8.12. The van der Waals surface area contributed by atoms with Gasteiger partial charge in [-0.15, -0.1) is 11.3 Å². The van der Waals surface area contributed by atoms with Crippen LogP contribution in [-0.2, 0) is 4.74 Å². The van der Waals surface area contributed by atoms with Gasteiger partial charge < -0.3 is 15.2 Å². The topological polar surface area (TPSA) is 41.5 Å². The van der Waals surface area contributed by atoms with Crippen LogP contribution in [0.5, 0.6) is 0 Å². The van der Waals surface area contributed by atoms with Crippen LogP contribution in [0.25, 0.3) is 0 Å². The van der Waals surface area contributed by atoms with Crippen LogP contribution in [0.2, 0.25) is 0 Å². The molecule has 1 aliphatic carbocycles. The Balaban J connectivity index is 2.03. The highest BCUT2D eigenvalue weighted by Crippen LogP contribution is 2.37. The lowest BCUT2D eigenvalue weighted by atomic mass is 9.95. The van der Waals surface area contributed by atoms with Crippen LogP contribution >= 0.6 is 11.3 Å². The summed E-state index contributed by atoms with van der Waals surface area (Å²) in [5.74, 6) is 0.733. The van der Waals surface area contributed by atoms with E-state index in [4.69, 9.17) is 4.74 Å². The summed E-state index contributed by atoms with van der Waals surface area (Å²) in [5, 5.41) is 15.1. The van der Waals surface area contributed by atoms with Gasteiger partial charge in [0.15, 0.2) is 0 Å². The molecule has 1 saturated carbocycles. The van der Waals surface area contributed by atoms with E-state index in [-0.39, 0.29) is 12.6 Å². The maximum absolute atomic E-state index is 9.18. The Labute approximate surface area is 120 Å². The molecule has 0 bridgehead atoms. The van der Waals surface area contributed by atoms with Gasteiger partial charge in [0.25, 0.3) is 0 Å². The van der Waals surface area contributed by atoms with E-state index in [9.17, 15) is 5.11 Å². The van der Waals surface area contributed by atoms with Crippen LogP contribution in [0.3, 0.4) is 0 Å². The lowest BCUT2D eigenvalue weighted by molar-refractivity contribution is 0.136. The number of methoxy groups -OCH3 is 1. The van der Waals surface area contributed by atoms with Crippen molar-refractivity contribution >= 4 is 11.3 Å². The van der Waals surface area contributed by atoms with Gasteiger partial charge in [-0.2, -0.15) is 0 Å². The summed E-state index contributed by atoms with van der Waals surface area (Å²) < 4.78 is 5.27. The van der Waals surface area contributed by atoms with Crippen molar-refractivity contribution in [1.29, 1.82) is 0 Å². The van der Waals surface area contributed by atoms with Crippen LogP contribution in [0.15, 0.2) is 17.5 Å². The molecule has 2 rings (SSSR count). The number of rotatable bonds is 8. The molecule has 0 aromatic carbocycles. The molecule has 2 atom stereocenters. The Hall–Kier alpha value is -0.420. The molecule has 4 heteroatoms. The lowest BCUT2D eigenvalue weighted by Crippen LogP contribution is -2.39. The zero-order valence-electron chi connectivity index (χ0n) is 11.7. The van der Waals surface area contributed by atoms with Gasteiger partial charge in [-0.3, -0.25) is 0 Å². The van der Waals surface area contributed by atoms with E-state index in [2.05, 4.69) is 22.8 Å². The number of nitrogens with one attached hydrogen (secondary N) is 1. The zero-order valence-corrected chi connectivity index (χ0v) is 12.5. The number of aliphatic hydroxyl groups is 1. The second-order valence-electron chi connectivity index (χ2n) is 5.37. The van der Waals surface area contributed by atoms with E-state index in [1.54, 1.807) is 7.11 Å². The van der Waals surface area contributed by atoms with Gasteiger partial charge in [0.1, 0.15) is 0 Å². The van der Waals surface area contributed by atoms with Crippen molar-refractivity contribution in [2.24, 2.45) is 5.92 Å². The molecule has 0 saturated heterocycles. The Morgan fingerprint density at radius 1 is 1.47 bits per heavy atom. The van der Waals surface area contributed by atoms with E-state index in [0.717, 1.165) is 12.3 Å². The SMILES string of the molecule is COCC(CCO)NC(c1cccs1)C1CCCC1. The first-order chi connectivity index (χ1) is 9.35. The fourth-order valence-corrected chi connectivity index (χ4v) is 3.91. The summed E-state index contributed by atoms with van der Waals surface area (Å²) in [7, 11) is 1.72. The third kappa shape index (κ3) is 4.28. The standard InChI is InChI=1S/C15H25NO2S/c1-18-11-13(8-9-17)16-15(12-5-2-3-6-12)14-7-4-10-19-14/h4,7,10,12-13,15-17H,2-3,5-6,8-9,11H2,1H3. The third-order valence-electron chi connectivity index (χ3n) is 3.98.